The molecule has 1 aliphatic heterocycles. The molecule has 0 unspecified atom stereocenters. The van der Waals surface area contributed by atoms with Crippen molar-refractivity contribution in [2.45, 2.75) is 17.5 Å². The molecule has 0 saturated carbocycles. The molecule has 0 radical (unpaired) electrons. The van der Waals surface area contributed by atoms with Gasteiger partial charge in [0.15, 0.2) is 0 Å². The lowest BCUT2D eigenvalue weighted by molar-refractivity contribution is -0.137. The van der Waals surface area contributed by atoms with E-state index in [1.807, 2.05) is 0 Å². The standard InChI is InChI=1S/C17H12ClF3N2O2S/c18-12-3-2-10(8-11(12)17(19,20)21)22-16(25)9-1-4-14-13(7-9)23-15(24)5-6-26-14/h1-4,7-8H,5-6H2,(H,22,25)(H,23,24). The van der Waals surface area contributed by atoms with Gasteiger partial charge in [-0.15, -0.1) is 11.8 Å². The molecule has 0 atom stereocenters. The summed E-state index contributed by atoms with van der Waals surface area (Å²) in [4.78, 5) is 24.8. The minimum Gasteiger partial charge on any atom is -0.325 e. The van der Waals surface area contributed by atoms with Crippen molar-refractivity contribution in [1.29, 1.82) is 0 Å². The number of carbonyl (C=O) groups is 2. The van der Waals surface area contributed by atoms with Crippen LogP contribution in [-0.4, -0.2) is 17.6 Å². The molecule has 2 aromatic rings. The van der Waals surface area contributed by atoms with Crippen molar-refractivity contribution < 1.29 is 22.8 Å². The highest BCUT2D eigenvalue weighted by molar-refractivity contribution is 7.99. The molecule has 26 heavy (non-hydrogen) atoms. The quantitative estimate of drug-likeness (QED) is 0.742. The van der Waals surface area contributed by atoms with Gasteiger partial charge in [0.05, 0.1) is 16.3 Å². The topological polar surface area (TPSA) is 58.2 Å². The second kappa shape index (κ2) is 7.20. The van der Waals surface area contributed by atoms with Crippen molar-refractivity contribution in [2.24, 2.45) is 0 Å². The van der Waals surface area contributed by atoms with Crippen LogP contribution in [0.4, 0.5) is 24.5 Å². The number of rotatable bonds is 2. The van der Waals surface area contributed by atoms with Crippen molar-refractivity contribution in [2.75, 3.05) is 16.4 Å². The summed E-state index contributed by atoms with van der Waals surface area (Å²) >= 11 is 7.06. The Hall–Kier alpha value is -2.19. The molecule has 136 valence electrons. The maximum absolute atomic E-state index is 12.9. The number of halogens is 4. The number of hydrogen-bond acceptors (Lipinski definition) is 3. The Morgan fingerprint density at radius 3 is 2.69 bits per heavy atom. The van der Waals surface area contributed by atoms with Crippen molar-refractivity contribution in [3.8, 4) is 0 Å². The number of benzene rings is 2. The number of nitrogens with one attached hydrogen (secondary N) is 2. The summed E-state index contributed by atoms with van der Waals surface area (Å²) in [5, 5.41) is 4.68. The lowest BCUT2D eigenvalue weighted by Crippen LogP contribution is -2.15. The predicted molar refractivity (Wildman–Crippen MR) is 94.8 cm³/mol. The number of hydrogen-bond donors (Lipinski definition) is 2. The Labute approximate surface area is 156 Å². The van der Waals surface area contributed by atoms with Gasteiger partial charge in [-0.1, -0.05) is 11.6 Å². The predicted octanol–water partition coefficient (Wildman–Crippen LogP) is 5.05. The van der Waals surface area contributed by atoms with Gasteiger partial charge in [0.1, 0.15) is 0 Å². The minimum absolute atomic E-state index is 0.0277. The van der Waals surface area contributed by atoms with Crippen LogP contribution in [0.1, 0.15) is 22.3 Å². The zero-order valence-electron chi connectivity index (χ0n) is 13.1. The number of thioether (sulfide) groups is 1. The summed E-state index contributed by atoms with van der Waals surface area (Å²) in [5.41, 5.74) is -0.324. The van der Waals surface area contributed by atoms with Crippen LogP contribution < -0.4 is 10.6 Å². The molecule has 3 rings (SSSR count). The van der Waals surface area contributed by atoms with Crippen LogP contribution >= 0.6 is 23.4 Å². The highest BCUT2D eigenvalue weighted by Crippen LogP contribution is 2.36. The van der Waals surface area contributed by atoms with E-state index in [-0.39, 0.29) is 17.2 Å². The van der Waals surface area contributed by atoms with Crippen molar-refractivity contribution >= 4 is 46.6 Å². The largest absolute Gasteiger partial charge is 0.417 e. The Bertz CT molecular complexity index is 887. The van der Waals surface area contributed by atoms with Crippen molar-refractivity contribution in [3.05, 3.63) is 52.5 Å². The van der Waals surface area contributed by atoms with E-state index in [0.29, 0.717) is 17.9 Å². The molecule has 1 heterocycles. The maximum Gasteiger partial charge on any atom is 0.417 e. The number of anilines is 2. The van der Waals surface area contributed by atoms with E-state index in [4.69, 9.17) is 11.6 Å². The summed E-state index contributed by atoms with van der Waals surface area (Å²) in [6.45, 7) is 0. The molecule has 0 saturated heterocycles. The van der Waals surface area contributed by atoms with E-state index in [1.165, 1.54) is 23.9 Å². The maximum atomic E-state index is 12.9. The van der Waals surface area contributed by atoms with Crippen LogP contribution in [0.5, 0.6) is 0 Å². The fourth-order valence-electron chi connectivity index (χ4n) is 2.38. The molecule has 2 aromatic carbocycles. The van der Waals surface area contributed by atoms with Gasteiger partial charge in [0.2, 0.25) is 5.91 Å². The highest BCUT2D eigenvalue weighted by atomic mass is 35.5. The monoisotopic (exact) mass is 400 g/mol. The van der Waals surface area contributed by atoms with Gasteiger partial charge in [0.25, 0.3) is 5.91 Å². The third kappa shape index (κ3) is 4.13. The summed E-state index contributed by atoms with van der Waals surface area (Å²) in [6.07, 6.45) is -4.25. The third-order valence-corrected chi connectivity index (χ3v) is 5.04. The number of fused-ring (bicyclic) bond motifs is 1. The summed E-state index contributed by atoms with van der Waals surface area (Å²) in [6, 6.07) is 7.90. The van der Waals surface area contributed by atoms with Crippen LogP contribution in [0.15, 0.2) is 41.3 Å². The molecule has 0 bridgehead atoms. The van der Waals surface area contributed by atoms with Gasteiger partial charge in [0, 0.05) is 28.3 Å². The molecule has 2 N–H and O–H groups in total. The fourth-order valence-corrected chi connectivity index (χ4v) is 3.55. The first-order chi connectivity index (χ1) is 12.2. The van der Waals surface area contributed by atoms with E-state index < -0.39 is 22.7 Å². The normalized spacial score (nSPS) is 14.2. The average Bonchev–Trinajstić information content (AvgIpc) is 2.75. The SMILES string of the molecule is O=C1CCSc2ccc(C(=O)Nc3ccc(Cl)c(C(F)(F)F)c3)cc2N1. The first-order valence-corrected chi connectivity index (χ1v) is 8.85. The van der Waals surface area contributed by atoms with Crippen LogP contribution in [0.3, 0.4) is 0 Å². The molecule has 0 spiro atoms. The Balaban J connectivity index is 1.84. The average molecular weight is 401 g/mol. The van der Waals surface area contributed by atoms with E-state index in [9.17, 15) is 22.8 Å². The van der Waals surface area contributed by atoms with Gasteiger partial charge in [-0.3, -0.25) is 9.59 Å². The molecule has 0 aromatic heterocycles. The summed E-state index contributed by atoms with van der Waals surface area (Å²) in [7, 11) is 0. The fraction of sp³-hybridized carbons (Fsp3) is 0.176. The summed E-state index contributed by atoms with van der Waals surface area (Å²) in [5.74, 6) is -0.108. The van der Waals surface area contributed by atoms with E-state index in [2.05, 4.69) is 10.6 Å². The molecular weight excluding hydrogens is 389 g/mol. The van der Waals surface area contributed by atoms with Gasteiger partial charge in [-0.2, -0.15) is 13.2 Å². The van der Waals surface area contributed by atoms with Crippen LogP contribution in [0.2, 0.25) is 5.02 Å². The first kappa shape index (κ1) is 18.6. The van der Waals surface area contributed by atoms with Gasteiger partial charge in [-0.05, 0) is 36.4 Å². The molecular formula is C17H12ClF3N2O2S. The first-order valence-electron chi connectivity index (χ1n) is 7.49. The number of carbonyl (C=O) groups excluding carboxylic acids is 2. The molecule has 9 heteroatoms. The highest BCUT2D eigenvalue weighted by Gasteiger charge is 2.33. The molecule has 2 amide bonds. The smallest absolute Gasteiger partial charge is 0.325 e. The van der Waals surface area contributed by atoms with Gasteiger partial charge < -0.3 is 10.6 Å². The van der Waals surface area contributed by atoms with Crippen molar-refractivity contribution in [3.63, 3.8) is 0 Å². The van der Waals surface area contributed by atoms with E-state index in [0.717, 1.165) is 17.0 Å². The summed E-state index contributed by atoms with van der Waals surface area (Å²) < 4.78 is 38.7. The Morgan fingerprint density at radius 1 is 1.19 bits per heavy atom. The van der Waals surface area contributed by atoms with Crippen molar-refractivity contribution in [1.82, 2.24) is 0 Å². The van der Waals surface area contributed by atoms with Crippen LogP contribution in [0, 0.1) is 0 Å². The van der Waals surface area contributed by atoms with E-state index >= 15 is 0 Å². The lowest BCUT2D eigenvalue weighted by atomic mass is 10.1. The number of amides is 2. The van der Waals surface area contributed by atoms with Gasteiger partial charge >= 0.3 is 6.18 Å². The minimum atomic E-state index is -4.62. The van der Waals surface area contributed by atoms with Crippen LogP contribution in [0.25, 0.3) is 0 Å². The third-order valence-electron chi connectivity index (χ3n) is 3.63. The second-order valence-electron chi connectivity index (χ2n) is 5.50. The Morgan fingerprint density at radius 2 is 1.96 bits per heavy atom. The molecule has 0 fully saturated rings. The Kier molecular flexibility index (Phi) is 5.15. The molecule has 0 aliphatic carbocycles. The number of alkyl halides is 3. The van der Waals surface area contributed by atoms with E-state index in [1.54, 1.807) is 12.1 Å². The second-order valence-corrected chi connectivity index (χ2v) is 7.05. The van der Waals surface area contributed by atoms with Crippen LogP contribution in [-0.2, 0) is 11.0 Å². The molecule has 1 aliphatic rings. The molecule has 4 nitrogen and oxygen atoms in total. The zero-order valence-corrected chi connectivity index (χ0v) is 14.7. The zero-order chi connectivity index (χ0) is 18.9. The van der Waals surface area contributed by atoms with Gasteiger partial charge in [-0.25, -0.2) is 0 Å². The lowest BCUT2D eigenvalue weighted by Gasteiger charge is -2.13.